The molecule has 0 saturated heterocycles. The van der Waals surface area contributed by atoms with Crippen LogP contribution in [0.25, 0.3) is 0 Å². The molecule has 0 spiro atoms. The molecule has 0 radical (unpaired) electrons. The zero-order valence-corrected chi connectivity index (χ0v) is 15.6. The standard InChI is InChI=1S/C19H20Cl2N2O2/c1-13(14-6-4-3-5-7-14)10-19(25)23(2)12-18(24)22-15-8-9-16(20)17(21)11-15/h3-9,11,13H,10,12H2,1-2H3,(H,22,24)/t13-/m0/s1. The van der Waals surface area contributed by atoms with Gasteiger partial charge in [-0.25, -0.2) is 0 Å². The van der Waals surface area contributed by atoms with Crippen molar-refractivity contribution in [2.45, 2.75) is 19.3 Å². The van der Waals surface area contributed by atoms with Crippen molar-refractivity contribution in [1.29, 1.82) is 0 Å². The lowest BCUT2D eigenvalue weighted by Gasteiger charge is -2.19. The highest BCUT2D eigenvalue weighted by Crippen LogP contribution is 2.25. The van der Waals surface area contributed by atoms with E-state index in [-0.39, 0.29) is 24.3 Å². The highest BCUT2D eigenvalue weighted by atomic mass is 35.5. The molecule has 0 aliphatic carbocycles. The molecular formula is C19H20Cl2N2O2. The summed E-state index contributed by atoms with van der Waals surface area (Å²) in [6, 6.07) is 14.7. The van der Waals surface area contributed by atoms with E-state index in [1.807, 2.05) is 37.3 Å². The van der Waals surface area contributed by atoms with Gasteiger partial charge in [0.2, 0.25) is 11.8 Å². The van der Waals surface area contributed by atoms with Gasteiger partial charge in [-0.1, -0.05) is 60.5 Å². The number of halogens is 2. The van der Waals surface area contributed by atoms with Crippen molar-refractivity contribution >= 4 is 40.7 Å². The Morgan fingerprint density at radius 2 is 1.76 bits per heavy atom. The van der Waals surface area contributed by atoms with Gasteiger partial charge in [0.25, 0.3) is 0 Å². The minimum Gasteiger partial charge on any atom is -0.336 e. The summed E-state index contributed by atoms with van der Waals surface area (Å²) in [6.45, 7) is 1.97. The minimum absolute atomic E-state index is 0.0272. The molecule has 2 amide bonds. The van der Waals surface area contributed by atoms with Crippen LogP contribution in [0.1, 0.15) is 24.8 Å². The average Bonchev–Trinajstić information content (AvgIpc) is 2.58. The van der Waals surface area contributed by atoms with Crippen molar-refractivity contribution < 1.29 is 9.59 Å². The van der Waals surface area contributed by atoms with Crippen molar-refractivity contribution in [3.63, 3.8) is 0 Å². The highest BCUT2D eigenvalue weighted by molar-refractivity contribution is 6.42. The fourth-order valence-electron chi connectivity index (χ4n) is 2.40. The summed E-state index contributed by atoms with van der Waals surface area (Å²) in [5, 5.41) is 3.48. The Balaban J connectivity index is 1.87. The Morgan fingerprint density at radius 3 is 2.40 bits per heavy atom. The number of anilines is 1. The van der Waals surface area contributed by atoms with Gasteiger partial charge >= 0.3 is 0 Å². The molecule has 132 valence electrons. The monoisotopic (exact) mass is 378 g/mol. The van der Waals surface area contributed by atoms with E-state index < -0.39 is 0 Å². The minimum atomic E-state index is -0.290. The van der Waals surface area contributed by atoms with Crippen molar-refractivity contribution in [3.05, 3.63) is 64.1 Å². The van der Waals surface area contributed by atoms with Gasteiger partial charge in [0.1, 0.15) is 0 Å². The number of nitrogens with zero attached hydrogens (tertiary/aromatic N) is 1. The zero-order valence-electron chi connectivity index (χ0n) is 14.1. The molecule has 0 saturated carbocycles. The van der Waals surface area contributed by atoms with E-state index in [0.717, 1.165) is 5.56 Å². The molecule has 1 atom stereocenters. The third kappa shape index (κ3) is 5.76. The van der Waals surface area contributed by atoms with Gasteiger partial charge < -0.3 is 10.2 Å². The van der Waals surface area contributed by atoms with Crippen LogP contribution in [0.3, 0.4) is 0 Å². The van der Waals surface area contributed by atoms with E-state index in [2.05, 4.69) is 5.32 Å². The SMILES string of the molecule is C[C@@H](CC(=O)N(C)CC(=O)Nc1ccc(Cl)c(Cl)c1)c1ccccc1. The first-order chi connectivity index (χ1) is 11.9. The second-order valence-corrected chi connectivity index (χ2v) is 6.76. The fraction of sp³-hybridized carbons (Fsp3) is 0.263. The van der Waals surface area contributed by atoms with E-state index in [1.54, 1.807) is 25.2 Å². The smallest absolute Gasteiger partial charge is 0.243 e. The number of nitrogens with one attached hydrogen (secondary N) is 1. The molecule has 1 N–H and O–H groups in total. The predicted molar refractivity (Wildman–Crippen MR) is 102 cm³/mol. The van der Waals surface area contributed by atoms with E-state index in [0.29, 0.717) is 22.2 Å². The molecule has 0 fully saturated rings. The molecule has 6 heteroatoms. The number of hydrogen-bond acceptors (Lipinski definition) is 2. The van der Waals surface area contributed by atoms with Crippen LogP contribution >= 0.6 is 23.2 Å². The number of benzene rings is 2. The Bertz CT molecular complexity index is 750. The third-order valence-corrected chi connectivity index (χ3v) is 4.60. The van der Waals surface area contributed by atoms with Gasteiger partial charge in [-0.3, -0.25) is 9.59 Å². The van der Waals surface area contributed by atoms with Crippen LogP contribution in [-0.4, -0.2) is 30.3 Å². The first-order valence-corrected chi connectivity index (χ1v) is 8.66. The lowest BCUT2D eigenvalue weighted by Crippen LogP contribution is -2.35. The number of carbonyl (C=O) groups excluding carboxylic acids is 2. The quantitative estimate of drug-likeness (QED) is 0.799. The van der Waals surface area contributed by atoms with Crippen LogP contribution in [0.2, 0.25) is 10.0 Å². The van der Waals surface area contributed by atoms with Crippen LogP contribution < -0.4 is 5.32 Å². The second kappa shape index (κ2) is 8.88. The Morgan fingerprint density at radius 1 is 1.08 bits per heavy atom. The summed E-state index contributed by atoms with van der Waals surface area (Å²) in [5.74, 6) is -0.281. The molecule has 0 aromatic heterocycles. The van der Waals surface area contributed by atoms with Gasteiger partial charge in [0.15, 0.2) is 0 Å². The molecule has 2 aromatic rings. The number of rotatable bonds is 6. The van der Waals surface area contributed by atoms with Crippen molar-refractivity contribution in [2.75, 3.05) is 18.9 Å². The van der Waals surface area contributed by atoms with E-state index >= 15 is 0 Å². The fourth-order valence-corrected chi connectivity index (χ4v) is 2.69. The molecule has 0 aliphatic rings. The maximum Gasteiger partial charge on any atom is 0.243 e. The summed E-state index contributed by atoms with van der Waals surface area (Å²) in [4.78, 5) is 25.8. The van der Waals surface area contributed by atoms with Crippen LogP contribution in [0, 0.1) is 0 Å². The molecule has 25 heavy (non-hydrogen) atoms. The summed E-state index contributed by atoms with van der Waals surface area (Å²) >= 11 is 11.8. The van der Waals surface area contributed by atoms with Crippen LogP contribution in [0.5, 0.6) is 0 Å². The van der Waals surface area contributed by atoms with Crippen LogP contribution in [0.4, 0.5) is 5.69 Å². The van der Waals surface area contributed by atoms with Crippen molar-refractivity contribution in [3.8, 4) is 0 Å². The van der Waals surface area contributed by atoms with Crippen LogP contribution in [0.15, 0.2) is 48.5 Å². The Hall–Kier alpha value is -2.04. The maximum atomic E-state index is 12.3. The summed E-state index contributed by atoms with van der Waals surface area (Å²) in [5.41, 5.74) is 1.64. The van der Waals surface area contributed by atoms with E-state index in [4.69, 9.17) is 23.2 Å². The molecule has 0 heterocycles. The number of carbonyl (C=O) groups is 2. The predicted octanol–water partition coefficient (Wildman–Crippen LogP) is 4.58. The van der Waals surface area contributed by atoms with Gasteiger partial charge in [-0.15, -0.1) is 0 Å². The van der Waals surface area contributed by atoms with Crippen molar-refractivity contribution in [1.82, 2.24) is 4.90 Å². The molecule has 0 unspecified atom stereocenters. The Labute approximate surface area is 157 Å². The number of hydrogen-bond donors (Lipinski definition) is 1. The molecule has 2 aromatic carbocycles. The van der Waals surface area contributed by atoms with E-state index in [9.17, 15) is 9.59 Å². The Kier molecular flexibility index (Phi) is 6.85. The molecule has 2 rings (SSSR count). The first-order valence-electron chi connectivity index (χ1n) is 7.90. The van der Waals surface area contributed by atoms with Crippen molar-refractivity contribution in [2.24, 2.45) is 0 Å². The summed E-state index contributed by atoms with van der Waals surface area (Å²) in [6.07, 6.45) is 0.348. The first kappa shape index (κ1) is 19.3. The summed E-state index contributed by atoms with van der Waals surface area (Å²) < 4.78 is 0. The zero-order chi connectivity index (χ0) is 18.4. The lowest BCUT2D eigenvalue weighted by molar-refractivity contribution is -0.133. The van der Waals surface area contributed by atoms with E-state index in [1.165, 1.54) is 4.90 Å². The van der Waals surface area contributed by atoms with Gasteiger partial charge in [-0.05, 0) is 29.7 Å². The van der Waals surface area contributed by atoms with Crippen LogP contribution in [-0.2, 0) is 9.59 Å². The second-order valence-electron chi connectivity index (χ2n) is 5.94. The number of likely N-dealkylation sites (N-methyl/N-ethyl adjacent to an activating group) is 1. The molecule has 4 nitrogen and oxygen atoms in total. The highest BCUT2D eigenvalue weighted by Gasteiger charge is 2.17. The largest absolute Gasteiger partial charge is 0.336 e. The molecule has 0 bridgehead atoms. The average molecular weight is 379 g/mol. The van der Waals surface area contributed by atoms with Gasteiger partial charge in [0.05, 0.1) is 16.6 Å². The molecular weight excluding hydrogens is 359 g/mol. The topological polar surface area (TPSA) is 49.4 Å². The number of amides is 2. The van der Waals surface area contributed by atoms with Gasteiger partial charge in [-0.2, -0.15) is 0 Å². The summed E-state index contributed by atoms with van der Waals surface area (Å²) in [7, 11) is 1.62. The van der Waals surface area contributed by atoms with Gasteiger partial charge in [0, 0.05) is 19.2 Å². The lowest BCUT2D eigenvalue weighted by atomic mass is 9.97. The third-order valence-electron chi connectivity index (χ3n) is 3.86. The normalized spacial score (nSPS) is 11.7. The maximum absolute atomic E-state index is 12.3. The molecule has 0 aliphatic heterocycles.